The van der Waals surface area contributed by atoms with Gasteiger partial charge in [0.25, 0.3) is 0 Å². The van der Waals surface area contributed by atoms with E-state index in [1.54, 1.807) is 24.4 Å². The molecule has 1 aliphatic rings. The molecule has 2 heterocycles. The molecular weight excluding hydrogens is 322 g/mol. The van der Waals surface area contributed by atoms with Gasteiger partial charge in [0.05, 0.1) is 4.90 Å². The molecule has 1 N–H and O–H groups in total. The average Bonchev–Trinajstić information content (AvgIpc) is 2.61. The van der Waals surface area contributed by atoms with Crippen LogP contribution < -0.4 is 9.62 Å². The van der Waals surface area contributed by atoms with E-state index in [4.69, 9.17) is 0 Å². The van der Waals surface area contributed by atoms with Crippen molar-refractivity contribution in [2.75, 3.05) is 24.5 Å². The second-order valence-corrected chi connectivity index (χ2v) is 8.05. The summed E-state index contributed by atoms with van der Waals surface area (Å²) in [6.45, 7) is 4.21. The fourth-order valence-corrected chi connectivity index (χ4v) is 4.22. The third-order valence-corrected chi connectivity index (χ3v) is 5.87. The van der Waals surface area contributed by atoms with Gasteiger partial charge in [-0.05, 0) is 55.5 Å². The second kappa shape index (κ2) is 7.32. The Kier molecular flexibility index (Phi) is 5.16. The van der Waals surface area contributed by atoms with Crippen LogP contribution >= 0.6 is 0 Å². The minimum Gasteiger partial charge on any atom is -0.357 e. The quantitative estimate of drug-likeness (QED) is 0.905. The number of nitrogens with zero attached hydrogens (tertiary/aromatic N) is 2. The van der Waals surface area contributed by atoms with Crippen LogP contribution in [0.15, 0.2) is 53.6 Å². The van der Waals surface area contributed by atoms with Crippen LogP contribution in [0.3, 0.4) is 0 Å². The number of aryl methyl sites for hydroxylation is 1. The number of anilines is 1. The first-order valence-corrected chi connectivity index (χ1v) is 9.75. The van der Waals surface area contributed by atoms with Crippen LogP contribution in [-0.2, 0) is 10.0 Å². The van der Waals surface area contributed by atoms with Gasteiger partial charge < -0.3 is 4.90 Å². The van der Waals surface area contributed by atoms with Crippen molar-refractivity contribution in [3.63, 3.8) is 0 Å². The van der Waals surface area contributed by atoms with Crippen molar-refractivity contribution in [2.45, 2.75) is 24.7 Å². The smallest absolute Gasteiger partial charge is 0.240 e. The zero-order valence-electron chi connectivity index (χ0n) is 13.9. The van der Waals surface area contributed by atoms with Gasteiger partial charge in [0.15, 0.2) is 0 Å². The first-order chi connectivity index (χ1) is 11.5. The van der Waals surface area contributed by atoms with Crippen molar-refractivity contribution in [3.05, 3.63) is 54.2 Å². The Morgan fingerprint density at radius 2 is 1.96 bits per heavy atom. The first-order valence-electron chi connectivity index (χ1n) is 8.27. The number of pyridine rings is 1. The Labute approximate surface area is 143 Å². The van der Waals surface area contributed by atoms with E-state index < -0.39 is 10.0 Å². The molecule has 0 saturated carbocycles. The van der Waals surface area contributed by atoms with Gasteiger partial charge >= 0.3 is 0 Å². The molecule has 5 nitrogen and oxygen atoms in total. The van der Waals surface area contributed by atoms with Gasteiger partial charge in [0.1, 0.15) is 5.82 Å². The average molecular weight is 345 g/mol. The Bertz CT molecular complexity index is 770. The molecular formula is C18H23N3O2S. The van der Waals surface area contributed by atoms with Crippen molar-refractivity contribution >= 4 is 15.8 Å². The number of hydrogen-bond acceptors (Lipinski definition) is 4. The summed E-state index contributed by atoms with van der Waals surface area (Å²) in [5.41, 5.74) is 0.946. The van der Waals surface area contributed by atoms with Gasteiger partial charge in [-0.1, -0.05) is 18.2 Å². The topological polar surface area (TPSA) is 62.3 Å². The standard InChI is InChI=1S/C18H23N3O2S/c1-15-5-4-6-17(13-15)24(22,23)20-14-16-8-11-21(12-9-16)18-7-2-3-10-19-18/h2-7,10,13,16,20H,8-9,11-12,14H2,1H3. The highest BCUT2D eigenvalue weighted by atomic mass is 32.2. The van der Waals surface area contributed by atoms with Crippen molar-refractivity contribution in [3.8, 4) is 0 Å². The normalized spacial score (nSPS) is 16.3. The third-order valence-electron chi connectivity index (χ3n) is 4.45. The predicted molar refractivity (Wildman–Crippen MR) is 95.5 cm³/mol. The van der Waals surface area contributed by atoms with Crippen LogP contribution in [0.2, 0.25) is 0 Å². The first kappa shape index (κ1) is 16.9. The van der Waals surface area contributed by atoms with Gasteiger partial charge in [-0.15, -0.1) is 0 Å². The van der Waals surface area contributed by atoms with E-state index in [0.29, 0.717) is 17.4 Å². The van der Waals surface area contributed by atoms with Gasteiger partial charge in [0.2, 0.25) is 10.0 Å². The maximum absolute atomic E-state index is 12.4. The number of hydrogen-bond donors (Lipinski definition) is 1. The molecule has 1 aliphatic heterocycles. The van der Waals surface area contributed by atoms with Crippen LogP contribution in [0.25, 0.3) is 0 Å². The van der Waals surface area contributed by atoms with Gasteiger partial charge in [-0.3, -0.25) is 0 Å². The van der Waals surface area contributed by atoms with Gasteiger partial charge in [-0.25, -0.2) is 18.1 Å². The fraction of sp³-hybridized carbons (Fsp3) is 0.389. The molecule has 1 aromatic carbocycles. The number of sulfonamides is 1. The van der Waals surface area contributed by atoms with Gasteiger partial charge in [-0.2, -0.15) is 0 Å². The summed E-state index contributed by atoms with van der Waals surface area (Å²) in [4.78, 5) is 6.97. The van der Waals surface area contributed by atoms with E-state index in [1.807, 2.05) is 31.2 Å². The lowest BCUT2D eigenvalue weighted by Crippen LogP contribution is -2.39. The highest BCUT2D eigenvalue weighted by Crippen LogP contribution is 2.21. The van der Waals surface area contributed by atoms with Crippen LogP contribution in [0, 0.1) is 12.8 Å². The molecule has 3 rings (SSSR count). The van der Waals surface area contributed by atoms with Crippen LogP contribution in [0.4, 0.5) is 5.82 Å². The third kappa shape index (κ3) is 4.13. The molecule has 1 aromatic heterocycles. The minimum atomic E-state index is -3.42. The largest absolute Gasteiger partial charge is 0.357 e. The van der Waals surface area contributed by atoms with Crippen LogP contribution in [0.1, 0.15) is 18.4 Å². The molecule has 1 fully saturated rings. The highest BCUT2D eigenvalue weighted by molar-refractivity contribution is 7.89. The van der Waals surface area contributed by atoms with Crippen molar-refractivity contribution in [1.29, 1.82) is 0 Å². The predicted octanol–water partition coefficient (Wildman–Crippen LogP) is 2.58. The Balaban J connectivity index is 1.53. The number of rotatable bonds is 5. The molecule has 1 saturated heterocycles. The van der Waals surface area contributed by atoms with Crippen LogP contribution in [-0.4, -0.2) is 33.0 Å². The summed E-state index contributed by atoms with van der Waals surface area (Å²) in [6, 6.07) is 12.9. The van der Waals surface area contributed by atoms with E-state index in [1.165, 1.54) is 0 Å². The molecule has 0 aliphatic carbocycles. The van der Waals surface area contributed by atoms with E-state index in [2.05, 4.69) is 14.6 Å². The van der Waals surface area contributed by atoms with E-state index in [9.17, 15) is 8.42 Å². The lowest BCUT2D eigenvalue weighted by Gasteiger charge is -2.32. The maximum Gasteiger partial charge on any atom is 0.240 e. The lowest BCUT2D eigenvalue weighted by atomic mass is 9.97. The molecule has 0 radical (unpaired) electrons. The molecule has 2 aromatic rings. The fourth-order valence-electron chi connectivity index (χ4n) is 3.00. The SMILES string of the molecule is Cc1cccc(S(=O)(=O)NCC2CCN(c3ccccn3)CC2)c1. The number of benzene rings is 1. The molecule has 0 atom stereocenters. The van der Waals surface area contributed by atoms with Gasteiger partial charge in [0, 0.05) is 25.8 Å². The monoisotopic (exact) mass is 345 g/mol. The molecule has 0 spiro atoms. The Hall–Kier alpha value is -1.92. The molecule has 6 heteroatoms. The molecule has 0 unspecified atom stereocenters. The van der Waals surface area contributed by atoms with E-state index in [0.717, 1.165) is 37.3 Å². The molecule has 24 heavy (non-hydrogen) atoms. The minimum absolute atomic E-state index is 0.341. The summed E-state index contributed by atoms with van der Waals surface area (Å²) in [6.07, 6.45) is 3.73. The van der Waals surface area contributed by atoms with Crippen molar-refractivity contribution in [1.82, 2.24) is 9.71 Å². The molecule has 0 bridgehead atoms. The summed E-state index contributed by atoms with van der Waals surface area (Å²) < 4.78 is 27.5. The zero-order valence-corrected chi connectivity index (χ0v) is 14.7. The summed E-state index contributed by atoms with van der Waals surface area (Å²) in [7, 11) is -3.42. The van der Waals surface area contributed by atoms with E-state index >= 15 is 0 Å². The van der Waals surface area contributed by atoms with Crippen LogP contribution in [0.5, 0.6) is 0 Å². The molecule has 128 valence electrons. The van der Waals surface area contributed by atoms with E-state index in [-0.39, 0.29) is 0 Å². The Morgan fingerprint density at radius 3 is 2.62 bits per heavy atom. The zero-order chi connectivity index (χ0) is 17.0. The number of nitrogens with one attached hydrogen (secondary N) is 1. The lowest BCUT2D eigenvalue weighted by molar-refractivity contribution is 0.400. The summed E-state index contributed by atoms with van der Waals surface area (Å²) in [5.74, 6) is 1.36. The van der Waals surface area contributed by atoms with Crippen molar-refractivity contribution < 1.29 is 8.42 Å². The number of aromatic nitrogens is 1. The number of piperidine rings is 1. The van der Waals surface area contributed by atoms with Crippen molar-refractivity contribution in [2.24, 2.45) is 5.92 Å². The highest BCUT2D eigenvalue weighted by Gasteiger charge is 2.22. The Morgan fingerprint density at radius 1 is 1.17 bits per heavy atom. The summed E-state index contributed by atoms with van der Waals surface area (Å²) in [5, 5.41) is 0. The summed E-state index contributed by atoms with van der Waals surface area (Å²) >= 11 is 0. The molecule has 0 amide bonds. The second-order valence-electron chi connectivity index (χ2n) is 6.29. The maximum atomic E-state index is 12.4.